The van der Waals surface area contributed by atoms with Gasteiger partial charge in [-0.3, -0.25) is 9.59 Å². The van der Waals surface area contributed by atoms with E-state index in [2.05, 4.69) is 25.4 Å². The lowest BCUT2D eigenvalue weighted by atomic mass is 10.2. The molecular formula is C8H12BrNO6. The SMILES string of the molecule is O=C(O)CCC(=O)N[C@@H](CCOBr)C(=O)O. The van der Waals surface area contributed by atoms with E-state index in [4.69, 9.17) is 10.2 Å². The molecule has 16 heavy (non-hydrogen) atoms. The van der Waals surface area contributed by atoms with Gasteiger partial charge in [0.1, 0.15) is 6.04 Å². The summed E-state index contributed by atoms with van der Waals surface area (Å²) in [7, 11) is 0. The summed E-state index contributed by atoms with van der Waals surface area (Å²) in [4.78, 5) is 32.0. The molecule has 3 N–H and O–H groups in total. The molecule has 1 atom stereocenters. The Hall–Kier alpha value is -1.15. The number of carbonyl (C=O) groups excluding carboxylic acids is 1. The molecule has 0 saturated heterocycles. The topological polar surface area (TPSA) is 113 Å². The molecule has 0 aliphatic carbocycles. The molecule has 0 unspecified atom stereocenters. The van der Waals surface area contributed by atoms with E-state index in [0.29, 0.717) is 0 Å². The fourth-order valence-corrected chi connectivity index (χ4v) is 1.09. The zero-order chi connectivity index (χ0) is 12.6. The molecule has 0 heterocycles. The van der Waals surface area contributed by atoms with Gasteiger partial charge in [-0.05, 0) is 0 Å². The average molecular weight is 298 g/mol. The monoisotopic (exact) mass is 297 g/mol. The summed E-state index contributed by atoms with van der Waals surface area (Å²) in [6.45, 7) is 0.121. The number of carboxylic acids is 2. The highest BCUT2D eigenvalue weighted by Gasteiger charge is 2.19. The molecule has 0 spiro atoms. The second-order valence-electron chi connectivity index (χ2n) is 2.95. The zero-order valence-corrected chi connectivity index (χ0v) is 9.90. The van der Waals surface area contributed by atoms with Gasteiger partial charge in [0, 0.05) is 12.8 Å². The van der Waals surface area contributed by atoms with Gasteiger partial charge in [0.05, 0.1) is 29.3 Å². The fourth-order valence-electron chi connectivity index (χ4n) is 0.907. The Morgan fingerprint density at radius 2 is 1.88 bits per heavy atom. The summed E-state index contributed by atoms with van der Waals surface area (Å²) in [6, 6.07) is -1.07. The summed E-state index contributed by atoms with van der Waals surface area (Å²) >= 11 is 2.66. The van der Waals surface area contributed by atoms with Crippen LogP contribution >= 0.6 is 16.3 Å². The van der Waals surface area contributed by atoms with Crippen LogP contribution in [-0.2, 0) is 18.2 Å². The van der Waals surface area contributed by atoms with Crippen molar-refractivity contribution in [3.05, 3.63) is 0 Å². The van der Waals surface area contributed by atoms with Crippen LogP contribution in [0.5, 0.6) is 0 Å². The number of aliphatic carboxylic acids is 2. The highest BCUT2D eigenvalue weighted by atomic mass is 79.9. The van der Waals surface area contributed by atoms with Crippen LogP contribution in [-0.4, -0.2) is 40.7 Å². The Bertz CT molecular complexity index is 269. The Morgan fingerprint density at radius 3 is 2.31 bits per heavy atom. The number of hydrogen-bond acceptors (Lipinski definition) is 4. The van der Waals surface area contributed by atoms with Crippen molar-refractivity contribution in [3.63, 3.8) is 0 Å². The molecule has 0 aromatic carbocycles. The number of rotatable bonds is 8. The molecule has 7 nitrogen and oxygen atoms in total. The molecule has 0 bridgehead atoms. The van der Waals surface area contributed by atoms with Gasteiger partial charge in [0.15, 0.2) is 0 Å². The van der Waals surface area contributed by atoms with Crippen LogP contribution in [0.25, 0.3) is 0 Å². The average Bonchev–Trinajstić information content (AvgIpc) is 2.20. The first-order valence-electron chi connectivity index (χ1n) is 4.45. The maximum absolute atomic E-state index is 11.1. The molecule has 8 heteroatoms. The van der Waals surface area contributed by atoms with Crippen LogP contribution < -0.4 is 5.32 Å². The van der Waals surface area contributed by atoms with Crippen molar-refractivity contribution in [1.82, 2.24) is 5.32 Å². The minimum Gasteiger partial charge on any atom is -0.481 e. The van der Waals surface area contributed by atoms with Crippen LogP contribution in [0.1, 0.15) is 19.3 Å². The van der Waals surface area contributed by atoms with Crippen LogP contribution in [0.2, 0.25) is 0 Å². The van der Waals surface area contributed by atoms with E-state index in [-0.39, 0.29) is 25.9 Å². The first kappa shape index (κ1) is 14.8. The summed E-state index contributed by atoms with van der Waals surface area (Å²) in [5.41, 5.74) is 0. The molecule has 0 saturated carbocycles. The maximum Gasteiger partial charge on any atom is 0.326 e. The number of halogens is 1. The molecule has 0 radical (unpaired) electrons. The van der Waals surface area contributed by atoms with E-state index in [0.717, 1.165) is 0 Å². The first-order chi connectivity index (χ1) is 7.47. The maximum atomic E-state index is 11.1. The molecular weight excluding hydrogens is 286 g/mol. The predicted molar refractivity (Wildman–Crippen MR) is 55.9 cm³/mol. The third kappa shape index (κ3) is 7.18. The highest BCUT2D eigenvalue weighted by Crippen LogP contribution is 1.98. The summed E-state index contributed by atoms with van der Waals surface area (Å²) in [6.07, 6.45) is -0.471. The number of hydrogen-bond donors (Lipinski definition) is 3. The minimum absolute atomic E-state index is 0.0966. The molecule has 0 rings (SSSR count). The second kappa shape index (κ2) is 8.05. The van der Waals surface area contributed by atoms with Gasteiger partial charge in [-0.1, -0.05) is 0 Å². The third-order valence-electron chi connectivity index (χ3n) is 1.68. The van der Waals surface area contributed by atoms with Crippen LogP contribution in [0.3, 0.4) is 0 Å². The van der Waals surface area contributed by atoms with Crippen molar-refractivity contribution < 1.29 is 28.4 Å². The highest BCUT2D eigenvalue weighted by molar-refractivity contribution is 9.06. The van der Waals surface area contributed by atoms with Crippen molar-refractivity contribution in [2.45, 2.75) is 25.3 Å². The number of carbonyl (C=O) groups is 3. The van der Waals surface area contributed by atoms with Gasteiger partial charge in [-0.15, -0.1) is 0 Å². The van der Waals surface area contributed by atoms with E-state index >= 15 is 0 Å². The molecule has 0 fully saturated rings. The Kier molecular flexibility index (Phi) is 7.48. The van der Waals surface area contributed by atoms with E-state index in [1.807, 2.05) is 0 Å². The number of amides is 1. The summed E-state index contributed by atoms with van der Waals surface area (Å²) < 4.78 is 4.51. The molecule has 92 valence electrons. The number of carboxylic acid groups (broad SMARTS) is 2. The molecule has 0 aliphatic heterocycles. The van der Waals surface area contributed by atoms with Crippen LogP contribution in [0, 0.1) is 0 Å². The first-order valence-corrected chi connectivity index (χ1v) is 5.09. The van der Waals surface area contributed by atoms with Crippen molar-refractivity contribution in [2.75, 3.05) is 6.61 Å². The van der Waals surface area contributed by atoms with Crippen molar-refractivity contribution in [2.24, 2.45) is 0 Å². The number of nitrogens with one attached hydrogen (secondary N) is 1. The Morgan fingerprint density at radius 1 is 1.25 bits per heavy atom. The Labute approximate surface area is 100 Å². The summed E-state index contributed by atoms with van der Waals surface area (Å²) in [5, 5.41) is 19.3. The largest absolute Gasteiger partial charge is 0.481 e. The van der Waals surface area contributed by atoms with E-state index < -0.39 is 23.9 Å². The van der Waals surface area contributed by atoms with E-state index in [9.17, 15) is 14.4 Å². The van der Waals surface area contributed by atoms with Crippen molar-refractivity contribution in [1.29, 1.82) is 0 Å². The minimum atomic E-state index is -1.19. The van der Waals surface area contributed by atoms with Gasteiger partial charge in [0.2, 0.25) is 5.91 Å². The van der Waals surface area contributed by atoms with E-state index in [1.165, 1.54) is 0 Å². The standard InChI is InChI=1S/C8H12BrNO6/c9-16-4-3-5(8(14)15)10-6(11)1-2-7(12)13/h5H,1-4H2,(H,10,11)(H,12,13)(H,14,15)/t5-/m0/s1. The molecule has 0 aromatic heterocycles. The lowest BCUT2D eigenvalue weighted by Gasteiger charge is -2.12. The normalized spacial score (nSPS) is 11.8. The third-order valence-corrected chi connectivity index (χ3v) is 2.01. The van der Waals surface area contributed by atoms with Gasteiger partial charge in [0.25, 0.3) is 0 Å². The zero-order valence-electron chi connectivity index (χ0n) is 8.31. The molecule has 0 aliphatic rings. The smallest absolute Gasteiger partial charge is 0.326 e. The van der Waals surface area contributed by atoms with E-state index in [1.54, 1.807) is 0 Å². The van der Waals surface area contributed by atoms with Crippen molar-refractivity contribution >= 4 is 34.1 Å². The molecule has 0 aromatic rings. The van der Waals surface area contributed by atoms with Gasteiger partial charge in [-0.2, -0.15) is 0 Å². The van der Waals surface area contributed by atoms with Gasteiger partial charge < -0.3 is 19.4 Å². The van der Waals surface area contributed by atoms with Crippen molar-refractivity contribution in [3.8, 4) is 0 Å². The second-order valence-corrected chi connectivity index (χ2v) is 3.41. The lowest BCUT2D eigenvalue weighted by Crippen LogP contribution is -2.41. The Balaban J connectivity index is 4.02. The van der Waals surface area contributed by atoms with Gasteiger partial charge in [-0.25, -0.2) is 4.79 Å². The van der Waals surface area contributed by atoms with Crippen LogP contribution in [0.4, 0.5) is 0 Å². The quantitative estimate of drug-likeness (QED) is 0.587. The summed E-state index contributed by atoms with van der Waals surface area (Å²) in [5.74, 6) is -2.90. The van der Waals surface area contributed by atoms with Crippen LogP contribution in [0.15, 0.2) is 0 Å². The predicted octanol–water partition coefficient (Wildman–Crippen LogP) is 0.137. The molecule has 1 amide bonds. The lowest BCUT2D eigenvalue weighted by molar-refractivity contribution is -0.142. The van der Waals surface area contributed by atoms with Gasteiger partial charge >= 0.3 is 11.9 Å². The fraction of sp³-hybridized carbons (Fsp3) is 0.625.